The van der Waals surface area contributed by atoms with Gasteiger partial charge in [0.2, 0.25) is 0 Å². The maximum absolute atomic E-state index is 11.4. The molecule has 5 nitrogen and oxygen atoms in total. The highest BCUT2D eigenvalue weighted by molar-refractivity contribution is 6.31. The van der Waals surface area contributed by atoms with Crippen molar-refractivity contribution in [3.8, 4) is 0 Å². The van der Waals surface area contributed by atoms with Gasteiger partial charge in [-0.05, 0) is 23.4 Å². The van der Waals surface area contributed by atoms with Crippen LogP contribution in [-0.4, -0.2) is 21.1 Å². The number of benzene rings is 1. The van der Waals surface area contributed by atoms with Crippen LogP contribution in [0.2, 0.25) is 5.02 Å². The van der Waals surface area contributed by atoms with E-state index in [4.69, 9.17) is 16.4 Å². The molecule has 0 N–H and O–H groups in total. The van der Waals surface area contributed by atoms with Crippen molar-refractivity contribution in [3.63, 3.8) is 0 Å². The molecule has 1 heterocycles. The van der Waals surface area contributed by atoms with Gasteiger partial charge in [0.05, 0.1) is 5.92 Å². The van der Waals surface area contributed by atoms with Crippen molar-refractivity contribution in [2.24, 2.45) is 5.92 Å². The Hall–Kier alpha value is -1.62. The first-order chi connectivity index (χ1) is 7.58. The van der Waals surface area contributed by atoms with Gasteiger partial charge in [0, 0.05) is 5.02 Å². The molecule has 0 bridgehead atoms. The number of carbonyl (C=O) groups is 1. The third-order valence-corrected chi connectivity index (χ3v) is 2.26. The van der Waals surface area contributed by atoms with Crippen LogP contribution in [-0.2, 0) is 4.79 Å². The zero-order valence-electron chi connectivity index (χ0n) is 8.85. The molecule has 0 aliphatic rings. The fourth-order valence-corrected chi connectivity index (χ4v) is 1.30. The predicted molar refractivity (Wildman–Crippen MR) is 59.0 cm³/mol. The SMILES string of the molecule is CC(C)C(=O)On1nnc2ccc(Cl)cc21. The van der Waals surface area contributed by atoms with Crippen LogP contribution in [0.5, 0.6) is 0 Å². The summed E-state index contributed by atoms with van der Waals surface area (Å²) in [7, 11) is 0. The molecule has 0 saturated carbocycles. The van der Waals surface area contributed by atoms with Crippen molar-refractivity contribution in [2.45, 2.75) is 13.8 Å². The Kier molecular flexibility index (Phi) is 2.78. The largest absolute Gasteiger partial charge is 0.337 e. The van der Waals surface area contributed by atoms with E-state index in [0.29, 0.717) is 16.1 Å². The normalized spacial score (nSPS) is 11.0. The second kappa shape index (κ2) is 4.09. The maximum Gasteiger partial charge on any atom is 0.337 e. The van der Waals surface area contributed by atoms with Crippen LogP contribution in [0.3, 0.4) is 0 Å². The van der Waals surface area contributed by atoms with E-state index in [1.165, 1.54) is 0 Å². The molecule has 2 aromatic rings. The van der Waals surface area contributed by atoms with Gasteiger partial charge in [-0.25, -0.2) is 4.79 Å². The predicted octanol–water partition coefficient (Wildman–Crippen LogP) is 1.70. The van der Waals surface area contributed by atoms with Crippen LogP contribution in [0.25, 0.3) is 11.0 Å². The number of hydrogen-bond acceptors (Lipinski definition) is 4. The Morgan fingerprint density at radius 3 is 2.94 bits per heavy atom. The van der Waals surface area contributed by atoms with Gasteiger partial charge in [-0.15, -0.1) is 5.10 Å². The quantitative estimate of drug-likeness (QED) is 0.749. The lowest BCUT2D eigenvalue weighted by atomic mass is 10.2. The van der Waals surface area contributed by atoms with Crippen molar-refractivity contribution in [3.05, 3.63) is 23.2 Å². The minimum Gasteiger partial charge on any atom is -0.317 e. The second-order valence-corrected chi connectivity index (χ2v) is 4.10. The Balaban J connectivity index is 2.38. The van der Waals surface area contributed by atoms with Crippen LogP contribution in [0.4, 0.5) is 0 Å². The summed E-state index contributed by atoms with van der Waals surface area (Å²) in [4.78, 5) is 17.5. The van der Waals surface area contributed by atoms with Gasteiger partial charge < -0.3 is 4.84 Å². The summed E-state index contributed by atoms with van der Waals surface area (Å²) in [6.45, 7) is 3.49. The first-order valence-corrected chi connectivity index (χ1v) is 5.19. The van der Waals surface area contributed by atoms with Gasteiger partial charge in [-0.2, -0.15) is 0 Å². The summed E-state index contributed by atoms with van der Waals surface area (Å²) in [6.07, 6.45) is 0. The van der Waals surface area contributed by atoms with E-state index in [1.54, 1.807) is 32.0 Å². The number of rotatable bonds is 2. The van der Waals surface area contributed by atoms with E-state index in [-0.39, 0.29) is 11.9 Å². The lowest BCUT2D eigenvalue weighted by molar-refractivity contribution is -0.149. The topological polar surface area (TPSA) is 57.0 Å². The Labute approximate surface area is 96.9 Å². The Morgan fingerprint density at radius 2 is 2.25 bits per heavy atom. The molecule has 1 aromatic carbocycles. The van der Waals surface area contributed by atoms with Crippen molar-refractivity contribution in [1.29, 1.82) is 0 Å². The zero-order chi connectivity index (χ0) is 11.7. The average Bonchev–Trinajstić information content (AvgIpc) is 2.61. The third-order valence-electron chi connectivity index (χ3n) is 2.03. The van der Waals surface area contributed by atoms with E-state index in [0.717, 1.165) is 4.85 Å². The van der Waals surface area contributed by atoms with Crippen molar-refractivity contribution in [1.82, 2.24) is 15.2 Å². The first-order valence-electron chi connectivity index (χ1n) is 4.81. The fraction of sp³-hybridized carbons (Fsp3) is 0.300. The van der Waals surface area contributed by atoms with Gasteiger partial charge in [0.25, 0.3) is 0 Å². The van der Waals surface area contributed by atoms with E-state index in [1.807, 2.05) is 0 Å². The minimum atomic E-state index is -0.369. The van der Waals surface area contributed by atoms with Crippen molar-refractivity contribution < 1.29 is 9.63 Å². The number of fused-ring (bicyclic) bond motifs is 1. The molecule has 0 atom stereocenters. The highest BCUT2D eigenvalue weighted by atomic mass is 35.5. The molecule has 0 aliphatic carbocycles. The zero-order valence-corrected chi connectivity index (χ0v) is 9.60. The summed E-state index contributed by atoms with van der Waals surface area (Å²) < 4.78 is 0. The number of nitrogens with zero attached hydrogens (tertiary/aromatic N) is 3. The van der Waals surface area contributed by atoms with Crippen LogP contribution >= 0.6 is 11.6 Å². The number of hydrogen-bond donors (Lipinski definition) is 0. The average molecular weight is 240 g/mol. The molecule has 0 spiro atoms. The Bertz CT molecular complexity index is 536. The van der Waals surface area contributed by atoms with Crippen LogP contribution in [0.15, 0.2) is 18.2 Å². The molecule has 6 heteroatoms. The summed E-state index contributed by atoms with van der Waals surface area (Å²) >= 11 is 5.84. The van der Waals surface area contributed by atoms with Gasteiger partial charge in [-0.1, -0.05) is 30.3 Å². The highest BCUT2D eigenvalue weighted by Gasteiger charge is 2.13. The van der Waals surface area contributed by atoms with Gasteiger partial charge in [-0.3, -0.25) is 0 Å². The molecule has 0 fully saturated rings. The van der Waals surface area contributed by atoms with Crippen LogP contribution in [0, 0.1) is 5.92 Å². The van der Waals surface area contributed by atoms with Gasteiger partial charge >= 0.3 is 5.97 Å². The summed E-state index contributed by atoms with van der Waals surface area (Å²) in [5.41, 5.74) is 1.20. The van der Waals surface area contributed by atoms with Crippen molar-refractivity contribution >= 4 is 28.6 Å². The minimum absolute atomic E-state index is 0.224. The van der Waals surface area contributed by atoms with E-state index in [2.05, 4.69) is 10.3 Å². The van der Waals surface area contributed by atoms with Crippen LogP contribution < -0.4 is 4.84 Å². The van der Waals surface area contributed by atoms with E-state index >= 15 is 0 Å². The summed E-state index contributed by atoms with van der Waals surface area (Å²) in [5.74, 6) is -0.592. The molecule has 16 heavy (non-hydrogen) atoms. The monoisotopic (exact) mass is 239 g/mol. The third kappa shape index (κ3) is 1.99. The molecule has 1 aromatic heterocycles. The highest BCUT2D eigenvalue weighted by Crippen LogP contribution is 2.16. The number of halogens is 1. The van der Waals surface area contributed by atoms with Gasteiger partial charge in [0.1, 0.15) is 11.0 Å². The molecule has 0 saturated heterocycles. The molecule has 0 radical (unpaired) electrons. The fourth-order valence-electron chi connectivity index (χ4n) is 1.13. The smallest absolute Gasteiger partial charge is 0.317 e. The molecular weight excluding hydrogens is 230 g/mol. The molecule has 0 unspecified atom stereocenters. The number of aromatic nitrogens is 3. The molecular formula is C10H10ClN3O2. The standard InChI is InChI=1S/C10H10ClN3O2/c1-6(2)10(15)16-14-9-5-7(11)3-4-8(9)12-13-14/h3-6H,1-2H3. The van der Waals surface area contributed by atoms with Crippen LogP contribution in [0.1, 0.15) is 13.8 Å². The first kappa shape index (κ1) is 10.9. The molecule has 2 rings (SSSR count). The molecule has 0 aliphatic heterocycles. The Morgan fingerprint density at radius 1 is 1.50 bits per heavy atom. The van der Waals surface area contributed by atoms with Gasteiger partial charge in [0.15, 0.2) is 0 Å². The van der Waals surface area contributed by atoms with E-state index < -0.39 is 0 Å². The number of carbonyl (C=O) groups excluding carboxylic acids is 1. The van der Waals surface area contributed by atoms with Crippen molar-refractivity contribution in [2.75, 3.05) is 0 Å². The summed E-state index contributed by atoms with van der Waals surface area (Å²) in [5, 5.41) is 8.11. The second-order valence-electron chi connectivity index (χ2n) is 3.66. The molecule has 0 amide bonds. The lowest BCUT2D eigenvalue weighted by Crippen LogP contribution is -2.24. The van der Waals surface area contributed by atoms with E-state index in [9.17, 15) is 4.79 Å². The maximum atomic E-state index is 11.4. The lowest BCUT2D eigenvalue weighted by Gasteiger charge is -2.04. The molecule has 84 valence electrons. The summed E-state index contributed by atoms with van der Waals surface area (Å²) in [6, 6.07) is 5.06.